The standard InChI is InChI=1S/C17H19NO2/c19-17(18-14-16-10-5-2-6-11-16)20-13-7-12-15-8-3-1-4-9-15/h1-6,8-11H,7,12-14H2,(H,18,19). The minimum atomic E-state index is -0.359. The van der Waals surface area contributed by atoms with Gasteiger partial charge in [-0.05, 0) is 24.0 Å². The lowest BCUT2D eigenvalue weighted by Crippen LogP contribution is -2.24. The van der Waals surface area contributed by atoms with Gasteiger partial charge in [-0.1, -0.05) is 60.7 Å². The van der Waals surface area contributed by atoms with Crippen LogP contribution in [0.25, 0.3) is 0 Å². The summed E-state index contributed by atoms with van der Waals surface area (Å²) in [7, 11) is 0. The fourth-order valence-electron chi connectivity index (χ4n) is 1.91. The Bertz CT molecular complexity index is 511. The molecule has 0 spiro atoms. The molecule has 3 nitrogen and oxygen atoms in total. The van der Waals surface area contributed by atoms with Crippen LogP contribution >= 0.6 is 0 Å². The molecule has 20 heavy (non-hydrogen) atoms. The molecule has 1 amide bonds. The van der Waals surface area contributed by atoms with Crippen LogP contribution in [-0.2, 0) is 17.7 Å². The summed E-state index contributed by atoms with van der Waals surface area (Å²) in [5.41, 5.74) is 2.33. The molecule has 0 saturated carbocycles. The van der Waals surface area contributed by atoms with Gasteiger partial charge in [-0.15, -0.1) is 0 Å². The van der Waals surface area contributed by atoms with Gasteiger partial charge in [0.15, 0.2) is 0 Å². The van der Waals surface area contributed by atoms with Gasteiger partial charge in [0.25, 0.3) is 0 Å². The van der Waals surface area contributed by atoms with Crippen LogP contribution in [0.4, 0.5) is 4.79 Å². The Morgan fingerprint density at radius 1 is 0.900 bits per heavy atom. The second-order valence-corrected chi connectivity index (χ2v) is 4.56. The second kappa shape index (κ2) is 8.00. The zero-order chi connectivity index (χ0) is 14.0. The molecule has 0 atom stereocenters. The number of alkyl carbamates (subject to hydrolysis) is 1. The molecule has 104 valence electrons. The molecule has 0 bridgehead atoms. The number of ether oxygens (including phenoxy) is 1. The van der Waals surface area contributed by atoms with E-state index in [-0.39, 0.29) is 6.09 Å². The van der Waals surface area contributed by atoms with E-state index < -0.39 is 0 Å². The number of amides is 1. The van der Waals surface area contributed by atoms with Crippen LogP contribution in [0, 0.1) is 0 Å². The minimum absolute atomic E-state index is 0.359. The third-order valence-electron chi connectivity index (χ3n) is 2.97. The summed E-state index contributed by atoms with van der Waals surface area (Å²) in [6.07, 6.45) is 1.40. The molecule has 0 fully saturated rings. The number of nitrogens with one attached hydrogen (secondary N) is 1. The van der Waals surface area contributed by atoms with Crippen LogP contribution in [0.1, 0.15) is 17.5 Å². The predicted molar refractivity (Wildman–Crippen MR) is 79.4 cm³/mol. The summed E-state index contributed by atoms with van der Waals surface area (Å²) in [5.74, 6) is 0. The van der Waals surface area contributed by atoms with Crippen molar-refractivity contribution in [2.45, 2.75) is 19.4 Å². The molecule has 3 heteroatoms. The molecule has 0 radical (unpaired) electrons. The van der Waals surface area contributed by atoms with Gasteiger partial charge in [0.1, 0.15) is 0 Å². The zero-order valence-corrected chi connectivity index (χ0v) is 11.4. The van der Waals surface area contributed by atoms with Crippen LogP contribution in [0.3, 0.4) is 0 Å². The number of carbonyl (C=O) groups is 1. The van der Waals surface area contributed by atoms with E-state index in [1.54, 1.807) is 0 Å². The molecule has 0 aliphatic rings. The van der Waals surface area contributed by atoms with Crippen LogP contribution in [0.2, 0.25) is 0 Å². The summed E-state index contributed by atoms with van der Waals surface area (Å²) in [6, 6.07) is 20.0. The fourth-order valence-corrected chi connectivity index (χ4v) is 1.91. The number of hydrogen-bond acceptors (Lipinski definition) is 2. The third kappa shape index (κ3) is 5.14. The molecular formula is C17H19NO2. The minimum Gasteiger partial charge on any atom is -0.450 e. The van der Waals surface area contributed by atoms with Crippen LogP contribution in [0.5, 0.6) is 0 Å². The summed E-state index contributed by atoms with van der Waals surface area (Å²) in [4.78, 5) is 11.5. The van der Waals surface area contributed by atoms with Crippen molar-refractivity contribution in [2.24, 2.45) is 0 Å². The van der Waals surface area contributed by atoms with Crippen molar-refractivity contribution < 1.29 is 9.53 Å². The smallest absolute Gasteiger partial charge is 0.407 e. The van der Waals surface area contributed by atoms with Gasteiger partial charge in [-0.25, -0.2) is 4.79 Å². The van der Waals surface area contributed by atoms with Crippen LogP contribution in [-0.4, -0.2) is 12.7 Å². The average Bonchev–Trinajstić information content (AvgIpc) is 2.52. The second-order valence-electron chi connectivity index (χ2n) is 4.56. The summed E-state index contributed by atoms with van der Waals surface area (Å²) >= 11 is 0. The molecule has 0 aliphatic carbocycles. The molecule has 0 heterocycles. The van der Waals surface area contributed by atoms with Gasteiger partial charge in [-0.2, -0.15) is 0 Å². The highest BCUT2D eigenvalue weighted by Crippen LogP contribution is 2.02. The average molecular weight is 269 g/mol. The first kappa shape index (κ1) is 14.1. The van der Waals surface area contributed by atoms with E-state index in [0.29, 0.717) is 13.2 Å². The van der Waals surface area contributed by atoms with E-state index in [2.05, 4.69) is 17.4 Å². The third-order valence-corrected chi connectivity index (χ3v) is 2.97. The Morgan fingerprint density at radius 3 is 2.15 bits per heavy atom. The number of carbonyl (C=O) groups excluding carboxylic acids is 1. The Labute approximate surface area is 119 Å². The lowest BCUT2D eigenvalue weighted by Gasteiger charge is -2.07. The highest BCUT2D eigenvalue weighted by atomic mass is 16.5. The highest BCUT2D eigenvalue weighted by molar-refractivity contribution is 5.67. The molecule has 0 unspecified atom stereocenters. The van der Waals surface area contributed by atoms with Crippen molar-refractivity contribution in [1.29, 1.82) is 0 Å². The molecule has 2 aromatic rings. The Balaban J connectivity index is 1.59. The van der Waals surface area contributed by atoms with Gasteiger partial charge < -0.3 is 10.1 Å². The Kier molecular flexibility index (Phi) is 5.65. The Hall–Kier alpha value is -2.29. The first-order chi connectivity index (χ1) is 9.84. The Morgan fingerprint density at radius 2 is 1.50 bits per heavy atom. The molecule has 0 aromatic heterocycles. The molecule has 0 aliphatic heterocycles. The lowest BCUT2D eigenvalue weighted by molar-refractivity contribution is 0.144. The first-order valence-electron chi connectivity index (χ1n) is 6.83. The van der Waals surface area contributed by atoms with Gasteiger partial charge >= 0.3 is 6.09 Å². The lowest BCUT2D eigenvalue weighted by atomic mass is 10.1. The van der Waals surface area contributed by atoms with Crippen molar-refractivity contribution >= 4 is 6.09 Å². The maximum atomic E-state index is 11.5. The number of rotatable bonds is 6. The predicted octanol–water partition coefficient (Wildman–Crippen LogP) is 3.55. The SMILES string of the molecule is O=C(NCc1ccccc1)OCCCc1ccccc1. The van der Waals surface area contributed by atoms with Crippen LogP contribution in [0.15, 0.2) is 60.7 Å². The van der Waals surface area contributed by atoms with E-state index in [0.717, 1.165) is 18.4 Å². The van der Waals surface area contributed by atoms with Gasteiger partial charge in [0.2, 0.25) is 0 Å². The number of aryl methyl sites for hydroxylation is 1. The first-order valence-corrected chi connectivity index (χ1v) is 6.83. The largest absolute Gasteiger partial charge is 0.450 e. The van der Waals surface area contributed by atoms with Crippen molar-refractivity contribution in [1.82, 2.24) is 5.32 Å². The van der Waals surface area contributed by atoms with E-state index in [4.69, 9.17) is 4.74 Å². The van der Waals surface area contributed by atoms with Crippen LogP contribution < -0.4 is 5.32 Å². The van der Waals surface area contributed by atoms with Crippen molar-refractivity contribution in [3.05, 3.63) is 71.8 Å². The zero-order valence-electron chi connectivity index (χ0n) is 11.4. The fraction of sp³-hybridized carbons (Fsp3) is 0.235. The van der Waals surface area contributed by atoms with Crippen molar-refractivity contribution in [3.63, 3.8) is 0 Å². The van der Waals surface area contributed by atoms with E-state index in [1.807, 2.05) is 48.5 Å². The molecule has 1 N–H and O–H groups in total. The quantitative estimate of drug-likeness (QED) is 0.814. The molecule has 2 aromatic carbocycles. The van der Waals surface area contributed by atoms with E-state index >= 15 is 0 Å². The van der Waals surface area contributed by atoms with Crippen molar-refractivity contribution in [3.8, 4) is 0 Å². The maximum absolute atomic E-state index is 11.5. The normalized spacial score (nSPS) is 10.0. The summed E-state index contributed by atoms with van der Waals surface area (Å²) in [5, 5.41) is 2.74. The van der Waals surface area contributed by atoms with E-state index in [1.165, 1.54) is 5.56 Å². The van der Waals surface area contributed by atoms with Crippen molar-refractivity contribution in [2.75, 3.05) is 6.61 Å². The number of hydrogen-bond donors (Lipinski definition) is 1. The molecular weight excluding hydrogens is 250 g/mol. The highest BCUT2D eigenvalue weighted by Gasteiger charge is 2.01. The number of benzene rings is 2. The van der Waals surface area contributed by atoms with E-state index in [9.17, 15) is 4.79 Å². The summed E-state index contributed by atoms with van der Waals surface area (Å²) in [6.45, 7) is 0.938. The maximum Gasteiger partial charge on any atom is 0.407 e. The van der Waals surface area contributed by atoms with Gasteiger partial charge in [-0.3, -0.25) is 0 Å². The molecule has 0 saturated heterocycles. The van der Waals surface area contributed by atoms with Gasteiger partial charge in [0.05, 0.1) is 6.61 Å². The monoisotopic (exact) mass is 269 g/mol. The van der Waals surface area contributed by atoms with Gasteiger partial charge in [0, 0.05) is 6.54 Å². The topological polar surface area (TPSA) is 38.3 Å². The molecule has 2 rings (SSSR count). The summed E-state index contributed by atoms with van der Waals surface area (Å²) < 4.78 is 5.14.